The van der Waals surface area contributed by atoms with E-state index in [9.17, 15) is 9.90 Å². The molecule has 4 aliphatic rings. The van der Waals surface area contributed by atoms with E-state index in [-0.39, 0.29) is 11.5 Å². The SMILES string of the molecule is CNCCNC(=O)O/N=C(\C)[C@H]1CC[C@H]2[C@@H]3CC[C@@H]4C[C@@H](O)CC[C@]4(C)[C@H]3CC[C@]12C. The second kappa shape index (κ2) is 9.01. The monoisotopic (exact) mass is 433 g/mol. The smallest absolute Gasteiger partial charge is 0.393 e. The van der Waals surface area contributed by atoms with Gasteiger partial charge < -0.3 is 15.7 Å². The molecule has 4 rings (SSSR count). The average molecular weight is 434 g/mol. The van der Waals surface area contributed by atoms with Crippen molar-refractivity contribution in [2.75, 3.05) is 20.1 Å². The minimum absolute atomic E-state index is 0.0753. The predicted octanol–water partition coefficient (Wildman–Crippen LogP) is 4.33. The number of fused-ring (bicyclic) bond motifs is 5. The molecule has 4 fully saturated rings. The fraction of sp³-hybridized carbons (Fsp3) is 0.920. The molecule has 0 aromatic rings. The summed E-state index contributed by atoms with van der Waals surface area (Å²) in [6.45, 7) is 8.32. The molecule has 4 aliphatic carbocycles. The Labute approximate surface area is 187 Å². The van der Waals surface area contributed by atoms with Crippen molar-refractivity contribution in [1.82, 2.24) is 10.6 Å². The Morgan fingerprint density at radius 3 is 2.55 bits per heavy atom. The summed E-state index contributed by atoms with van der Waals surface area (Å²) in [7, 11) is 1.85. The summed E-state index contributed by atoms with van der Waals surface area (Å²) in [6.07, 6.45) is 10.2. The number of rotatable bonds is 5. The number of hydrogen-bond acceptors (Lipinski definition) is 5. The maximum atomic E-state index is 11.9. The molecule has 0 aromatic heterocycles. The van der Waals surface area contributed by atoms with Gasteiger partial charge in [-0.05, 0) is 106 Å². The van der Waals surface area contributed by atoms with Crippen LogP contribution < -0.4 is 10.6 Å². The van der Waals surface area contributed by atoms with Crippen molar-refractivity contribution in [2.45, 2.75) is 84.7 Å². The number of aliphatic hydroxyl groups is 1. The van der Waals surface area contributed by atoms with Gasteiger partial charge in [0.2, 0.25) is 0 Å². The summed E-state index contributed by atoms with van der Waals surface area (Å²) < 4.78 is 0. The molecule has 31 heavy (non-hydrogen) atoms. The summed E-state index contributed by atoms with van der Waals surface area (Å²) in [5.74, 6) is 3.47. The third-order valence-corrected chi connectivity index (χ3v) is 10.1. The van der Waals surface area contributed by atoms with E-state index in [1.807, 2.05) is 14.0 Å². The number of nitrogens with zero attached hydrogens (tertiary/aromatic N) is 1. The lowest BCUT2D eigenvalue weighted by molar-refractivity contribution is -0.123. The van der Waals surface area contributed by atoms with E-state index in [0.717, 1.165) is 42.7 Å². The van der Waals surface area contributed by atoms with Crippen LogP contribution in [0.3, 0.4) is 0 Å². The molecule has 0 heterocycles. The van der Waals surface area contributed by atoms with Crippen LogP contribution in [-0.2, 0) is 4.84 Å². The van der Waals surface area contributed by atoms with Crippen molar-refractivity contribution in [3.05, 3.63) is 0 Å². The highest BCUT2D eigenvalue weighted by Gasteiger charge is 2.60. The molecule has 6 nitrogen and oxygen atoms in total. The molecule has 0 spiro atoms. The zero-order valence-corrected chi connectivity index (χ0v) is 20.0. The highest BCUT2D eigenvalue weighted by Crippen LogP contribution is 2.67. The average Bonchev–Trinajstić information content (AvgIpc) is 3.10. The van der Waals surface area contributed by atoms with E-state index in [1.54, 1.807) is 0 Å². The molecular formula is C25H43N3O3. The summed E-state index contributed by atoms with van der Waals surface area (Å²) in [5.41, 5.74) is 1.66. The van der Waals surface area contributed by atoms with Gasteiger partial charge in [0.05, 0.1) is 11.8 Å². The number of nitrogens with one attached hydrogen (secondary N) is 2. The number of oxime groups is 1. The van der Waals surface area contributed by atoms with Gasteiger partial charge in [0, 0.05) is 19.0 Å². The van der Waals surface area contributed by atoms with Gasteiger partial charge in [-0.25, -0.2) is 4.79 Å². The summed E-state index contributed by atoms with van der Waals surface area (Å²) in [4.78, 5) is 17.1. The molecule has 0 unspecified atom stereocenters. The molecule has 8 atom stereocenters. The molecule has 0 radical (unpaired) electrons. The minimum atomic E-state index is -0.469. The lowest BCUT2D eigenvalue weighted by atomic mass is 9.44. The first-order valence-corrected chi connectivity index (χ1v) is 12.6. The molecule has 4 saturated carbocycles. The van der Waals surface area contributed by atoms with Crippen molar-refractivity contribution >= 4 is 11.8 Å². The molecule has 1 amide bonds. The van der Waals surface area contributed by atoms with Crippen LogP contribution in [0, 0.1) is 40.4 Å². The zero-order chi connectivity index (χ0) is 22.2. The first kappa shape index (κ1) is 23.0. The zero-order valence-electron chi connectivity index (χ0n) is 20.0. The largest absolute Gasteiger partial charge is 0.433 e. The van der Waals surface area contributed by atoms with E-state index in [2.05, 4.69) is 29.6 Å². The number of amides is 1. The summed E-state index contributed by atoms with van der Waals surface area (Å²) in [6, 6.07) is 0. The number of aliphatic hydroxyl groups excluding tert-OH is 1. The van der Waals surface area contributed by atoms with E-state index in [4.69, 9.17) is 4.84 Å². The van der Waals surface area contributed by atoms with Gasteiger partial charge in [0.15, 0.2) is 0 Å². The Morgan fingerprint density at radius 1 is 1.03 bits per heavy atom. The fourth-order valence-corrected chi connectivity index (χ4v) is 8.42. The highest BCUT2D eigenvalue weighted by atomic mass is 16.7. The Hall–Kier alpha value is -1.14. The molecule has 6 heteroatoms. The number of carbonyl (C=O) groups excluding carboxylic acids is 1. The molecule has 3 N–H and O–H groups in total. The van der Waals surface area contributed by atoms with E-state index in [0.29, 0.717) is 30.3 Å². The van der Waals surface area contributed by atoms with Gasteiger partial charge in [0.1, 0.15) is 0 Å². The lowest BCUT2D eigenvalue weighted by Crippen LogP contribution is -2.54. The van der Waals surface area contributed by atoms with Crippen LogP contribution in [-0.4, -0.2) is 43.2 Å². The predicted molar refractivity (Wildman–Crippen MR) is 123 cm³/mol. The quantitative estimate of drug-likeness (QED) is 0.261. The van der Waals surface area contributed by atoms with Crippen LogP contribution in [0.5, 0.6) is 0 Å². The molecule has 0 saturated heterocycles. The van der Waals surface area contributed by atoms with Gasteiger partial charge in [-0.2, -0.15) is 0 Å². The van der Waals surface area contributed by atoms with Crippen LogP contribution >= 0.6 is 0 Å². The minimum Gasteiger partial charge on any atom is -0.393 e. The van der Waals surface area contributed by atoms with E-state index in [1.165, 1.54) is 38.5 Å². The maximum absolute atomic E-state index is 11.9. The Balaban J connectivity index is 1.43. The second-order valence-electron chi connectivity index (χ2n) is 11.4. The van der Waals surface area contributed by atoms with Crippen molar-refractivity contribution in [2.24, 2.45) is 45.6 Å². The van der Waals surface area contributed by atoms with Crippen molar-refractivity contribution < 1.29 is 14.7 Å². The first-order chi connectivity index (χ1) is 14.8. The maximum Gasteiger partial charge on any atom is 0.433 e. The first-order valence-electron chi connectivity index (χ1n) is 12.6. The van der Waals surface area contributed by atoms with Gasteiger partial charge in [-0.1, -0.05) is 19.0 Å². The van der Waals surface area contributed by atoms with Gasteiger partial charge >= 0.3 is 6.09 Å². The fourth-order valence-electron chi connectivity index (χ4n) is 8.42. The standard InChI is InChI=1S/C25H43N3O3/c1-16(28-31-23(30)27-14-13-26-4)20-7-8-21-19-6-5-17-15-18(29)9-11-24(17,2)22(19)10-12-25(20,21)3/h17-22,26,29H,5-15H2,1-4H3,(H,27,30)/b28-16+/t17-,18+,19+,20-,21+,22+,24+,25-/m1/s1. The van der Waals surface area contributed by atoms with Gasteiger partial charge in [-0.15, -0.1) is 0 Å². The van der Waals surface area contributed by atoms with Crippen molar-refractivity contribution in [3.8, 4) is 0 Å². The normalized spacial score (nSPS) is 44.7. The Bertz CT molecular complexity index is 697. The molecule has 0 aliphatic heterocycles. The number of carbonyl (C=O) groups is 1. The van der Waals surface area contributed by atoms with E-state index < -0.39 is 6.09 Å². The Morgan fingerprint density at radius 2 is 1.77 bits per heavy atom. The van der Waals surface area contributed by atoms with Crippen molar-refractivity contribution in [1.29, 1.82) is 0 Å². The number of likely N-dealkylation sites (N-methyl/N-ethyl adjacent to an activating group) is 1. The third-order valence-electron chi connectivity index (χ3n) is 10.1. The van der Waals surface area contributed by atoms with Crippen LogP contribution in [0.1, 0.15) is 78.6 Å². The molecule has 0 bridgehead atoms. The third kappa shape index (κ3) is 4.15. The molecule has 0 aromatic carbocycles. The topological polar surface area (TPSA) is 83.0 Å². The van der Waals surface area contributed by atoms with Gasteiger partial charge in [0.25, 0.3) is 0 Å². The second-order valence-corrected chi connectivity index (χ2v) is 11.4. The van der Waals surface area contributed by atoms with Crippen LogP contribution in [0.25, 0.3) is 0 Å². The summed E-state index contributed by atoms with van der Waals surface area (Å²) in [5, 5.41) is 20.2. The Kier molecular flexibility index (Phi) is 6.69. The molecular weight excluding hydrogens is 390 g/mol. The van der Waals surface area contributed by atoms with Crippen LogP contribution in [0.4, 0.5) is 4.79 Å². The van der Waals surface area contributed by atoms with Crippen LogP contribution in [0.15, 0.2) is 5.16 Å². The van der Waals surface area contributed by atoms with Gasteiger partial charge in [-0.3, -0.25) is 4.84 Å². The summed E-state index contributed by atoms with van der Waals surface area (Å²) >= 11 is 0. The van der Waals surface area contributed by atoms with Crippen molar-refractivity contribution in [3.63, 3.8) is 0 Å². The van der Waals surface area contributed by atoms with E-state index >= 15 is 0 Å². The lowest BCUT2D eigenvalue weighted by Gasteiger charge is -2.61. The molecule has 176 valence electrons. The highest BCUT2D eigenvalue weighted by molar-refractivity contribution is 5.85. The van der Waals surface area contributed by atoms with Crippen LogP contribution in [0.2, 0.25) is 0 Å². The number of hydrogen-bond donors (Lipinski definition) is 3.